The highest BCUT2D eigenvalue weighted by Gasteiger charge is 1.97. The van der Waals surface area contributed by atoms with E-state index in [0.29, 0.717) is 0 Å². The number of hydrogen-bond acceptors (Lipinski definition) is 2. The number of aryl methyl sites for hydroxylation is 2. The van der Waals surface area contributed by atoms with E-state index in [1.54, 1.807) is 12.4 Å². The van der Waals surface area contributed by atoms with Crippen molar-refractivity contribution in [3.63, 3.8) is 0 Å². The summed E-state index contributed by atoms with van der Waals surface area (Å²) in [6.45, 7) is 1.64. The van der Waals surface area contributed by atoms with Crippen molar-refractivity contribution in [2.45, 2.75) is 13.1 Å². The van der Waals surface area contributed by atoms with Gasteiger partial charge < -0.3 is 0 Å². The molecule has 6 heteroatoms. The summed E-state index contributed by atoms with van der Waals surface area (Å²) in [7, 11) is 0. The molecule has 0 saturated heterocycles. The van der Waals surface area contributed by atoms with Gasteiger partial charge in [-0.3, -0.25) is 9.36 Å². The highest BCUT2D eigenvalue weighted by molar-refractivity contribution is 9.10. The Balaban J connectivity index is 1.94. The number of halogens is 2. The van der Waals surface area contributed by atoms with Gasteiger partial charge in [-0.2, -0.15) is 10.2 Å². The van der Waals surface area contributed by atoms with E-state index in [0.717, 1.165) is 22.0 Å². The Bertz CT molecular complexity index is 380. The van der Waals surface area contributed by atoms with Crippen molar-refractivity contribution in [2.75, 3.05) is 0 Å². The Morgan fingerprint density at radius 1 is 0.929 bits per heavy atom. The van der Waals surface area contributed by atoms with E-state index in [9.17, 15) is 0 Å². The Morgan fingerprint density at radius 3 is 1.64 bits per heavy atom. The molecule has 0 N–H and O–H groups in total. The summed E-state index contributed by atoms with van der Waals surface area (Å²) in [5.74, 6) is 0. The maximum Gasteiger partial charge on any atom is 0.0632 e. The molecule has 2 aromatic heterocycles. The van der Waals surface area contributed by atoms with E-state index < -0.39 is 0 Å². The van der Waals surface area contributed by atoms with Crippen LogP contribution in [-0.2, 0) is 13.1 Å². The van der Waals surface area contributed by atoms with Gasteiger partial charge in [0.05, 0.1) is 34.4 Å². The minimum atomic E-state index is 0.819. The first-order valence-electron chi connectivity index (χ1n) is 4.10. The second-order valence-electron chi connectivity index (χ2n) is 2.84. The van der Waals surface area contributed by atoms with Crippen LogP contribution in [0.15, 0.2) is 33.7 Å². The molecule has 0 fully saturated rings. The lowest BCUT2D eigenvalue weighted by Gasteiger charge is -2.00. The summed E-state index contributed by atoms with van der Waals surface area (Å²) in [5, 5.41) is 8.31. The van der Waals surface area contributed by atoms with Gasteiger partial charge in [0.15, 0.2) is 0 Å². The molecule has 2 heterocycles. The van der Waals surface area contributed by atoms with Gasteiger partial charge in [-0.15, -0.1) is 0 Å². The zero-order chi connectivity index (χ0) is 9.97. The van der Waals surface area contributed by atoms with Gasteiger partial charge in [-0.1, -0.05) is 0 Å². The van der Waals surface area contributed by atoms with E-state index in [-0.39, 0.29) is 0 Å². The molecule has 0 radical (unpaired) electrons. The lowest BCUT2D eigenvalue weighted by molar-refractivity contribution is 0.500. The number of nitrogens with zero attached hydrogens (tertiary/aromatic N) is 4. The van der Waals surface area contributed by atoms with Crippen LogP contribution in [0.25, 0.3) is 0 Å². The molecule has 0 amide bonds. The molecule has 74 valence electrons. The van der Waals surface area contributed by atoms with Gasteiger partial charge in [0, 0.05) is 12.4 Å². The maximum atomic E-state index is 4.15. The third kappa shape index (κ3) is 2.45. The fraction of sp³-hybridized carbons (Fsp3) is 0.250. The molecule has 0 atom stereocenters. The van der Waals surface area contributed by atoms with E-state index in [4.69, 9.17) is 0 Å². The van der Waals surface area contributed by atoms with Crippen LogP contribution in [0.1, 0.15) is 0 Å². The highest BCUT2D eigenvalue weighted by atomic mass is 79.9. The van der Waals surface area contributed by atoms with E-state index in [2.05, 4.69) is 42.1 Å². The van der Waals surface area contributed by atoms with Gasteiger partial charge in [-0.25, -0.2) is 0 Å². The predicted molar refractivity (Wildman–Crippen MR) is 59.9 cm³/mol. The van der Waals surface area contributed by atoms with Crippen molar-refractivity contribution >= 4 is 31.9 Å². The molecule has 4 nitrogen and oxygen atoms in total. The molecule has 0 spiro atoms. The Labute approximate surface area is 98.2 Å². The minimum Gasteiger partial charge on any atom is -0.270 e. The third-order valence-corrected chi connectivity index (χ3v) is 2.58. The molecule has 0 aliphatic carbocycles. The molecule has 2 aromatic rings. The molecular formula is C8H8Br2N4. The van der Waals surface area contributed by atoms with Crippen molar-refractivity contribution in [2.24, 2.45) is 0 Å². The normalized spacial score (nSPS) is 10.7. The van der Waals surface area contributed by atoms with Gasteiger partial charge in [-0.05, 0) is 31.9 Å². The molecule has 0 aliphatic heterocycles. The van der Waals surface area contributed by atoms with Crippen molar-refractivity contribution in [3.8, 4) is 0 Å². The van der Waals surface area contributed by atoms with Crippen LogP contribution in [-0.4, -0.2) is 19.6 Å². The van der Waals surface area contributed by atoms with Gasteiger partial charge >= 0.3 is 0 Å². The predicted octanol–water partition coefficient (Wildman–Crippen LogP) is 2.30. The van der Waals surface area contributed by atoms with Crippen molar-refractivity contribution in [1.82, 2.24) is 19.6 Å². The molecule has 0 bridgehead atoms. The maximum absolute atomic E-state index is 4.15. The Morgan fingerprint density at radius 2 is 1.36 bits per heavy atom. The van der Waals surface area contributed by atoms with Crippen LogP contribution in [0.4, 0.5) is 0 Å². The average molecular weight is 320 g/mol. The van der Waals surface area contributed by atoms with Crippen LogP contribution >= 0.6 is 31.9 Å². The van der Waals surface area contributed by atoms with Crippen LogP contribution < -0.4 is 0 Å². The van der Waals surface area contributed by atoms with Gasteiger partial charge in [0.25, 0.3) is 0 Å². The average Bonchev–Trinajstić information content (AvgIpc) is 2.72. The largest absolute Gasteiger partial charge is 0.270 e. The van der Waals surface area contributed by atoms with E-state index in [1.807, 2.05) is 21.8 Å². The molecule has 0 saturated carbocycles. The van der Waals surface area contributed by atoms with Gasteiger partial charge in [0.2, 0.25) is 0 Å². The third-order valence-electron chi connectivity index (χ3n) is 1.76. The second kappa shape index (κ2) is 4.27. The Hall–Kier alpha value is -0.620. The Kier molecular flexibility index (Phi) is 3.02. The summed E-state index contributed by atoms with van der Waals surface area (Å²) in [5.41, 5.74) is 0. The number of hydrogen-bond donors (Lipinski definition) is 0. The van der Waals surface area contributed by atoms with Crippen molar-refractivity contribution in [3.05, 3.63) is 33.7 Å². The van der Waals surface area contributed by atoms with Crippen molar-refractivity contribution in [1.29, 1.82) is 0 Å². The quantitative estimate of drug-likeness (QED) is 0.870. The van der Waals surface area contributed by atoms with E-state index >= 15 is 0 Å². The molecule has 0 aliphatic rings. The molecule has 0 aromatic carbocycles. The number of rotatable bonds is 3. The SMILES string of the molecule is Brc1cnn(CCn2cc(Br)cn2)c1. The van der Waals surface area contributed by atoms with Gasteiger partial charge in [0.1, 0.15) is 0 Å². The zero-order valence-electron chi connectivity index (χ0n) is 7.27. The monoisotopic (exact) mass is 318 g/mol. The first-order valence-corrected chi connectivity index (χ1v) is 5.68. The summed E-state index contributed by atoms with van der Waals surface area (Å²) in [6.07, 6.45) is 7.44. The first-order chi connectivity index (χ1) is 6.74. The minimum absolute atomic E-state index is 0.819. The lowest BCUT2D eigenvalue weighted by atomic mass is 10.6. The summed E-state index contributed by atoms with van der Waals surface area (Å²) in [6, 6.07) is 0. The summed E-state index contributed by atoms with van der Waals surface area (Å²) < 4.78 is 5.75. The number of aromatic nitrogens is 4. The first kappa shape index (κ1) is 9.92. The highest BCUT2D eigenvalue weighted by Crippen LogP contribution is 2.08. The van der Waals surface area contributed by atoms with Crippen LogP contribution in [0.3, 0.4) is 0 Å². The topological polar surface area (TPSA) is 35.6 Å². The van der Waals surface area contributed by atoms with Crippen LogP contribution in [0.5, 0.6) is 0 Å². The van der Waals surface area contributed by atoms with E-state index in [1.165, 1.54) is 0 Å². The summed E-state index contributed by atoms with van der Waals surface area (Å²) >= 11 is 6.70. The van der Waals surface area contributed by atoms with Crippen LogP contribution in [0.2, 0.25) is 0 Å². The fourth-order valence-electron chi connectivity index (χ4n) is 1.13. The second-order valence-corrected chi connectivity index (χ2v) is 4.67. The van der Waals surface area contributed by atoms with Crippen molar-refractivity contribution < 1.29 is 0 Å². The lowest BCUT2D eigenvalue weighted by Crippen LogP contribution is -2.07. The molecule has 2 rings (SSSR count). The zero-order valence-corrected chi connectivity index (χ0v) is 10.4. The smallest absolute Gasteiger partial charge is 0.0632 e. The summed E-state index contributed by atoms with van der Waals surface area (Å²) in [4.78, 5) is 0. The molecule has 14 heavy (non-hydrogen) atoms. The molecular weight excluding hydrogens is 312 g/mol. The van der Waals surface area contributed by atoms with Crippen LogP contribution in [0, 0.1) is 0 Å². The fourth-order valence-corrected chi connectivity index (χ4v) is 1.78. The standard InChI is InChI=1S/C8H8Br2N4/c9-7-3-11-13(5-7)1-2-14-6-8(10)4-12-14/h3-6H,1-2H2. The molecule has 0 unspecified atom stereocenters.